The monoisotopic (exact) mass is 258 g/mol. The van der Waals surface area contributed by atoms with Gasteiger partial charge in [-0.25, -0.2) is 4.39 Å². The average molecular weight is 258 g/mol. The van der Waals surface area contributed by atoms with Gasteiger partial charge in [0.2, 0.25) is 0 Å². The summed E-state index contributed by atoms with van der Waals surface area (Å²) in [6.07, 6.45) is 0.888. The third-order valence-electron chi connectivity index (χ3n) is 3.25. The molecule has 0 aliphatic carbocycles. The molecule has 0 fully saturated rings. The minimum Gasteiger partial charge on any atom is -0.398 e. The van der Waals surface area contributed by atoms with Crippen LogP contribution in [0.25, 0.3) is 0 Å². The van der Waals surface area contributed by atoms with Crippen molar-refractivity contribution in [2.75, 3.05) is 12.3 Å². The Morgan fingerprint density at radius 1 is 1.11 bits per heavy atom. The number of rotatable bonds is 5. The predicted octanol–water partition coefficient (Wildman–Crippen LogP) is 3.05. The molecule has 0 saturated heterocycles. The number of hydrogen-bond donors (Lipinski definition) is 2. The fraction of sp³-hybridized carbons (Fsp3) is 0.250. The summed E-state index contributed by atoms with van der Waals surface area (Å²) >= 11 is 0. The van der Waals surface area contributed by atoms with Gasteiger partial charge in [0.25, 0.3) is 0 Å². The van der Waals surface area contributed by atoms with Crippen LogP contribution in [0.2, 0.25) is 0 Å². The van der Waals surface area contributed by atoms with Crippen molar-refractivity contribution >= 4 is 5.69 Å². The summed E-state index contributed by atoms with van der Waals surface area (Å²) in [7, 11) is 0. The SMILES string of the molecule is Cc1cc(F)ccc1CCNCc1ccccc1N. The molecule has 100 valence electrons. The maximum absolute atomic E-state index is 13.0. The van der Waals surface area contributed by atoms with Gasteiger partial charge in [-0.2, -0.15) is 0 Å². The summed E-state index contributed by atoms with van der Waals surface area (Å²) < 4.78 is 13.0. The Labute approximate surface area is 113 Å². The van der Waals surface area contributed by atoms with Crippen LogP contribution in [0.3, 0.4) is 0 Å². The van der Waals surface area contributed by atoms with E-state index in [0.717, 1.165) is 36.3 Å². The lowest BCUT2D eigenvalue weighted by Gasteiger charge is -2.09. The standard InChI is InChI=1S/C16H19FN2/c1-12-10-15(17)7-6-13(12)8-9-19-11-14-4-2-3-5-16(14)18/h2-7,10,19H,8-9,11,18H2,1H3. The second-order valence-electron chi connectivity index (χ2n) is 4.70. The first-order valence-corrected chi connectivity index (χ1v) is 6.46. The Kier molecular flexibility index (Phi) is 4.53. The summed E-state index contributed by atoms with van der Waals surface area (Å²) in [5.41, 5.74) is 9.97. The zero-order chi connectivity index (χ0) is 13.7. The molecule has 0 unspecified atom stereocenters. The van der Waals surface area contributed by atoms with Crippen LogP contribution in [0, 0.1) is 12.7 Å². The van der Waals surface area contributed by atoms with E-state index >= 15 is 0 Å². The zero-order valence-electron chi connectivity index (χ0n) is 11.1. The minimum absolute atomic E-state index is 0.175. The van der Waals surface area contributed by atoms with Crippen molar-refractivity contribution < 1.29 is 4.39 Å². The van der Waals surface area contributed by atoms with Gasteiger partial charge in [-0.1, -0.05) is 24.3 Å². The minimum atomic E-state index is -0.175. The quantitative estimate of drug-likeness (QED) is 0.639. The molecule has 2 aromatic rings. The van der Waals surface area contributed by atoms with Gasteiger partial charge in [0.1, 0.15) is 5.82 Å². The van der Waals surface area contributed by atoms with Gasteiger partial charge in [-0.15, -0.1) is 0 Å². The van der Waals surface area contributed by atoms with E-state index < -0.39 is 0 Å². The van der Waals surface area contributed by atoms with E-state index in [4.69, 9.17) is 5.73 Å². The number of benzene rings is 2. The lowest BCUT2D eigenvalue weighted by Crippen LogP contribution is -2.17. The fourth-order valence-electron chi connectivity index (χ4n) is 2.08. The number of para-hydroxylation sites is 1. The van der Waals surface area contributed by atoms with Crippen LogP contribution in [0.15, 0.2) is 42.5 Å². The molecule has 0 heterocycles. The Morgan fingerprint density at radius 3 is 2.63 bits per heavy atom. The molecule has 2 rings (SSSR count). The second kappa shape index (κ2) is 6.34. The number of aryl methyl sites for hydroxylation is 1. The number of halogens is 1. The van der Waals surface area contributed by atoms with Gasteiger partial charge >= 0.3 is 0 Å². The molecule has 0 aliphatic rings. The molecule has 0 atom stereocenters. The van der Waals surface area contributed by atoms with E-state index in [1.807, 2.05) is 37.3 Å². The molecular weight excluding hydrogens is 239 g/mol. The van der Waals surface area contributed by atoms with Crippen molar-refractivity contribution in [3.8, 4) is 0 Å². The topological polar surface area (TPSA) is 38.0 Å². The van der Waals surface area contributed by atoms with E-state index in [1.54, 1.807) is 6.07 Å². The number of hydrogen-bond acceptors (Lipinski definition) is 2. The summed E-state index contributed by atoms with van der Waals surface area (Å²) in [6, 6.07) is 12.8. The summed E-state index contributed by atoms with van der Waals surface area (Å²) in [4.78, 5) is 0. The van der Waals surface area contributed by atoms with Gasteiger partial charge in [0, 0.05) is 12.2 Å². The Morgan fingerprint density at radius 2 is 1.89 bits per heavy atom. The predicted molar refractivity (Wildman–Crippen MR) is 77.4 cm³/mol. The average Bonchev–Trinajstić information content (AvgIpc) is 2.38. The first-order chi connectivity index (χ1) is 9.16. The molecule has 2 nitrogen and oxygen atoms in total. The first-order valence-electron chi connectivity index (χ1n) is 6.46. The lowest BCUT2D eigenvalue weighted by atomic mass is 10.1. The van der Waals surface area contributed by atoms with Gasteiger partial charge in [0.05, 0.1) is 0 Å². The number of nitrogens with one attached hydrogen (secondary N) is 1. The van der Waals surface area contributed by atoms with E-state index in [-0.39, 0.29) is 5.82 Å². The normalized spacial score (nSPS) is 10.6. The molecule has 3 heteroatoms. The highest BCUT2D eigenvalue weighted by Crippen LogP contribution is 2.11. The van der Waals surface area contributed by atoms with Crippen molar-refractivity contribution in [2.45, 2.75) is 19.9 Å². The van der Waals surface area contributed by atoms with Crippen LogP contribution >= 0.6 is 0 Å². The number of anilines is 1. The zero-order valence-corrected chi connectivity index (χ0v) is 11.1. The molecule has 0 aromatic heterocycles. The van der Waals surface area contributed by atoms with E-state index in [0.29, 0.717) is 0 Å². The Bertz CT molecular complexity index is 552. The molecular formula is C16H19FN2. The smallest absolute Gasteiger partial charge is 0.123 e. The highest BCUT2D eigenvalue weighted by Gasteiger charge is 2.01. The van der Waals surface area contributed by atoms with E-state index in [1.165, 1.54) is 11.6 Å². The lowest BCUT2D eigenvalue weighted by molar-refractivity contribution is 0.624. The third kappa shape index (κ3) is 3.80. The van der Waals surface area contributed by atoms with Crippen molar-refractivity contribution in [3.63, 3.8) is 0 Å². The molecule has 0 amide bonds. The third-order valence-corrected chi connectivity index (χ3v) is 3.25. The first kappa shape index (κ1) is 13.6. The van der Waals surface area contributed by atoms with Gasteiger partial charge in [-0.3, -0.25) is 0 Å². The van der Waals surface area contributed by atoms with Crippen molar-refractivity contribution in [3.05, 3.63) is 65.0 Å². The van der Waals surface area contributed by atoms with Crippen LogP contribution in [0.5, 0.6) is 0 Å². The fourth-order valence-corrected chi connectivity index (χ4v) is 2.08. The van der Waals surface area contributed by atoms with Crippen molar-refractivity contribution in [1.82, 2.24) is 5.32 Å². The van der Waals surface area contributed by atoms with E-state index in [9.17, 15) is 4.39 Å². The Hall–Kier alpha value is -1.87. The Balaban J connectivity index is 1.83. The second-order valence-corrected chi connectivity index (χ2v) is 4.70. The maximum atomic E-state index is 13.0. The van der Waals surface area contributed by atoms with Crippen molar-refractivity contribution in [2.24, 2.45) is 0 Å². The van der Waals surface area contributed by atoms with Gasteiger partial charge < -0.3 is 11.1 Å². The summed E-state index contributed by atoms with van der Waals surface area (Å²) in [5, 5.41) is 3.36. The van der Waals surface area contributed by atoms with Gasteiger partial charge in [0.15, 0.2) is 0 Å². The maximum Gasteiger partial charge on any atom is 0.123 e. The molecule has 0 spiro atoms. The summed E-state index contributed by atoms with van der Waals surface area (Å²) in [5.74, 6) is -0.175. The van der Waals surface area contributed by atoms with E-state index in [2.05, 4.69) is 5.32 Å². The molecule has 2 aromatic carbocycles. The molecule has 0 aliphatic heterocycles. The molecule has 3 N–H and O–H groups in total. The highest BCUT2D eigenvalue weighted by atomic mass is 19.1. The van der Waals surface area contributed by atoms with Crippen LogP contribution in [-0.4, -0.2) is 6.54 Å². The van der Waals surface area contributed by atoms with Crippen LogP contribution in [0.4, 0.5) is 10.1 Å². The van der Waals surface area contributed by atoms with Gasteiger partial charge in [-0.05, 0) is 54.8 Å². The largest absolute Gasteiger partial charge is 0.398 e. The molecule has 19 heavy (non-hydrogen) atoms. The number of nitrogen functional groups attached to an aromatic ring is 1. The van der Waals surface area contributed by atoms with Crippen molar-refractivity contribution in [1.29, 1.82) is 0 Å². The molecule has 0 saturated carbocycles. The van der Waals surface area contributed by atoms with Crippen LogP contribution < -0.4 is 11.1 Å². The number of nitrogens with two attached hydrogens (primary N) is 1. The highest BCUT2D eigenvalue weighted by molar-refractivity contribution is 5.46. The van der Waals surface area contributed by atoms with Crippen LogP contribution in [0.1, 0.15) is 16.7 Å². The molecule has 0 radical (unpaired) electrons. The van der Waals surface area contributed by atoms with Crippen LogP contribution in [-0.2, 0) is 13.0 Å². The summed E-state index contributed by atoms with van der Waals surface area (Å²) in [6.45, 7) is 3.54. The molecule has 0 bridgehead atoms.